The van der Waals surface area contributed by atoms with Crippen LogP contribution in [0.4, 0.5) is 11.8 Å². The summed E-state index contributed by atoms with van der Waals surface area (Å²) in [6.07, 6.45) is 6.60. The Hall–Kier alpha value is -2.63. The molecule has 2 N–H and O–H groups in total. The Kier molecular flexibility index (Phi) is 3.21. The average molecular weight is 282 g/mol. The minimum Gasteiger partial charge on any atom is -0.383 e. The number of fused-ring (bicyclic) bond motifs is 1. The van der Waals surface area contributed by atoms with Crippen molar-refractivity contribution in [2.75, 3.05) is 24.7 Å². The van der Waals surface area contributed by atoms with Gasteiger partial charge in [-0.15, -0.1) is 0 Å². The van der Waals surface area contributed by atoms with E-state index in [2.05, 4.69) is 27.9 Å². The van der Waals surface area contributed by atoms with Gasteiger partial charge in [0.1, 0.15) is 5.82 Å². The molecule has 3 aromatic rings. The van der Waals surface area contributed by atoms with E-state index in [0.29, 0.717) is 11.8 Å². The zero-order chi connectivity index (χ0) is 15.0. The van der Waals surface area contributed by atoms with Crippen LogP contribution in [-0.2, 0) is 6.42 Å². The Morgan fingerprint density at radius 1 is 1.24 bits per heavy atom. The summed E-state index contributed by atoms with van der Waals surface area (Å²) < 4.78 is 1.99. The van der Waals surface area contributed by atoms with Crippen molar-refractivity contribution >= 4 is 22.8 Å². The number of nitrogen functional groups attached to an aromatic ring is 1. The summed E-state index contributed by atoms with van der Waals surface area (Å²) in [6.45, 7) is 2.11. The van der Waals surface area contributed by atoms with Crippen LogP contribution >= 0.6 is 0 Å². The van der Waals surface area contributed by atoms with Crippen LogP contribution in [-0.4, -0.2) is 33.6 Å². The largest absolute Gasteiger partial charge is 0.383 e. The summed E-state index contributed by atoms with van der Waals surface area (Å²) in [5, 5.41) is 0.850. The Morgan fingerprint density at radius 3 is 2.76 bits per heavy atom. The first-order chi connectivity index (χ1) is 10.1. The first-order valence-electron chi connectivity index (χ1n) is 6.86. The highest BCUT2D eigenvalue weighted by molar-refractivity contribution is 5.88. The second-order valence-corrected chi connectivity index (χ2v) is 5.13. The van der Waals surface area contributed by atoms with Gasteiger partial charge in [0.2, 0.25) is 5.95 Å². The molecule has 6 heteroatoms. The molecule has 3 heterocycles. The van der Waals surface area contributed by atoms with Crippen LogP contribution < -0.4 is 10.6 Å². The van der Waals surface area contributed by atoms with E-state index in [9.17, 15) is 0 Å². The molecule has 0 bridgehead atoms. The van der Waals surface area contributed by atoms with Gasteiger partial charge in [-0.05, 0) is 24.1 Å². The lowest BCUT2D eigenvalue weighted by atomic mass is 10.2. The second-order valence-electron chi connectivity index (χ2n) is 5.13. The van der Waals surface area contributed by atoms with Gasteiger partial charge < -0.3 is 10.6 Å². The lowest BCUT2D eigenvalue weighted by molar-refractivity contribution is 0.989. The molecule has 3 rings (SSSR count). The van der Waals surface area contributed by atoms with Crippen molar-refractivity contribution in [3.05, 3.63) is 36.3 Å². The number of anilines is 2. The first-order valence-corrected chi connectivity index (χ1v) is 6.86. The normalized spacial score (nSPS) is 11.0. The predicted octanol–water partition coefficient (Wildman–Crippen LogP) is 2.03. The molecule has 0 aromatic carbocycles. The topological polar surface area (TPSA) is 72.9 Å². The van der Waals surface area contributed by atoms with Crippen LogP contribution in [0.5, 0.6) is 0 Å². The monoisotopic (exact) mass is 282 g/mol. The number of hydrogen-bond donors (Lipinski definition) is 1. The zero-order valence-electron chi connectivity index (χ0n) is 12.4. The van der Waals surface area contributed by atoms with Crippen LogP contribution in [0.3, 0.4) is 0 Å². The summed E-state index contributed by atoms with van der Waals surface area (Å²) in [6, 6.07) is 4.04. The SMILES string of the molecule is CCc1cncc(-n2ccc3c(N)nc(N(C)C)nc32)c1. The minimum absolute atomic E-state index is 0.488. The van der Waals surface area contributed by atoms with Crippen molar-refractivity contribution < 1.29 is 0 Å². The number of nitrogens with zero attached hydrogens (tertiary/aromatic N) is 5. The molecule has 0 atom stereocenters. The van der Waals surface area contributed by atoms with Gasteiger partial charge in [0.25, 0.3) is 0 Å². The fraction of sp³-hybridized carbons (Fsp3) is 0.267. The van der Waals surface area contributed by atoms with Crippen LogP contribution in [0.2, 0.25) is 0 Å². The molecule has 0 aliphatic carbocycles. The third kappa shape index (κ3) is 2.29. The highest BCUT2D eigenvalue weighted by Gasteiger charge is 2.12. The lowest BCUT2D eigenvalue weighted by Crippen LogP contribution is -2.14. The van der Waals surface area contributed by atoms with Gasteiger partial charge in [0.15, 0.2) is 5.65 Å². The molecule has 108 valence electrons. The Morgan fingerprint density at radius 2 is 2.05 bits per heavy atom. The molecule has 0 unspecified atom stereocenters. The molecule has 0 fully saturated rings. The van der Waals surface area contributed by atoms with Crippen molar-refractivity contribution in [3.8, 4) is 5.69 Å². The highest BCUT2D eigenvalue weighted by Crippen LogP contribution is 2.24. The van der Waals surface area contributed by atoms with E-state index in [1.165, 1.54) is 5.56 Å². The number of rotatable bonds is 3. The van der Waals surface area contributed by atoms with E-state index >= 15 is 0 Å². The quantitative estimate of drug-likeness (QED) is 0.795. The van der Waals surface area contributed by atoms with Crippen molar-refractivity contribution in [2.24, 2.45) is 0 Å². The number of aromatic nitrogens is 4. The fourth-order valence-electron chi connectivity index (χ4n) is 2.23. The maximum atomic E-state index is 6.04. The van der Waals surface area contributed by atoms with E-state index in [-0.39, 0.29) is 0 Å². The van der Waals surface area contributed by atoms with Crippen molar-refractivity contribution in [3.63, 3.8) is 0 Å². The summed E-state index contributed by atoms with van der Waals surface area (Å²) >= 11 is 0. The first kappa shape index (κ1) is 13.4. The Balaban J connectivity index is 2.23. The maximum absolute atomic E-state index is 6.04. The average Bonchev–Trinajstić information content (AvgIpc) is 2.91. The fourth-order valence-corrected chi connectivity index (χ4v) is 2.23. The van der Waals surface area contributed by atoms with Gasteiger partial charge in [-0.1, -0.05) is 6.92 Å². The zero-order valence-corrected chi connectivity index (χ0v) is 12.4. The van der Waals surface area contributed by atoms with Gasteiger partial charge >= 0.3 is 0 Å². The second kappa shape index (κ2) is 5.05. The number of hydrogen-bond acceptors (Lipinski definition) is 5. The molecular formula is C15H18N6. The van der Waals surface area contributed by atoms with Gasteiger partial charge in [-0.2, -0.15) is 9.97 Å². The van der Waals surface area contributed by atoms with E-state index in [1.54, 1.807) is 0 Å². The van der Waals surface area contributed by atoms with Crippen molar-refractivity contribution in [1.29, 1.82) is 0 Å². The van der Waals surface area contributed by atoms with Crippen LogP contribution in [0, 0.1) is 0 Å². The standard InChI is InChI=1S/C15H18N6/c1-4-10-7-11(9-17-8-10)21-6-5-12-13(16)18-15(20(2)3)19-14(12)21/h5-9H,4H2,1-3H3,(H2,16,18,19). The summed E-state index contributed by atoms with van der Waals surface area (Å²) in [5.74, 6) is 1.08. The van der Waals surface area contributed by atoms with E-state index < -0.39 is 0 Å². The number of aryl methyl sites for hydroxylation is 1. The minimum atomic E-state index is 0.488. The molecule has 0 aliphatic rings. The van der Waals surface area contributed by atoms with Crippen LogP contribution in [0.1, 0.15) is 12.5 Å². The Bertz CT molecular complexity index is 790. The lowest BCUT2D eigenvalue weighted by Gasteiger charge is -2.12. The van der Waals surface area contributed by atoms with Gasteiger partial charge in [-0.25, -0.2) is 0 Å². The summed E-state index contributed by atoms with van der Waals surface area (Å²) in [4.78, 5) is 15.0. The third-order valence-corrected chi connectivity index (χ3v) is 3.43. The Labute approximate surface area is 123 Å². The molecule has 0 aliphatic heterocycles. The van der Waals surface area contributed by atoms with E-state index in [4.69, 9.17) is 5.73 Å². The summed E-state index contributed by atoms with van der Waals surface area (Å²) in [7, 11) is 3.79. The van der Waals surface area contributed by atoms with E-state index in [0.717, 1.165) is 23.1 Å². The van der Waals surface area contributed by atoms with E-state index in [1.807, 2.05) is 48.2 Å². The van der Waals surface area contributed by atoms with Crippen LogP contribution in [0.15, 0.2) is 30.7 Å². The molecule has 0 saturated heterocycles. The molecule has 3 aromatic heterocycles. The molecule has 0 amide bonds. The number of pyridine rings is 1. The van der Waals surface area contributed by atoms with Crippen molar-refractivity contribution in [2.45, 2.75) is 13.3 Å². The van der Waals surface area contributed by atoms with Gasteiger partial charge in [0, 0.05) is 26.5 Å². The summed E-state index contributed by atoms with van der Waals surface area (Å²) in [5.41, 5.74) is 8.99. The molecular weight excluding hydrogens is 264 g/mol. The maximum Gasteiger partial charge on any atom is 0.228 e. The highest BCUT2D eigenvalue weighted by atomic mass is 15.2. The van der Waals surface area contributed by atoms with Gasteiger partial charge in [-0.3, -0.25) is 9.55 Å². The number of nitrogens with two attached hydrogens (primary N) is 1. The van der Waals surface area contributed by atoms with Crippen molar-refractivity contribution in [1.82, 2.24) is 19.5 Å². The molecule has 0 spiro atoms. The van der Waals surface area contributed by atoms with Crippen LogP contribution in [0.25, 0.3) is 16.7 Å². The van der Waals surface area contributed by atoms with Gasteiger partial charge in [0.05, 0.1) is 17.3 Å². The molecule has 6 nitrogen and oxygen atoms in total. The molecule has 21 heavy (non-hydrogen) atoms. The smallest absolute Gasteiger partial charge is 0.228 e. The third-order valence-electron chi connectivity index (χ3n) is 3.43. The predicted molar refractivity (Wildman–Crippen MR) is 84.8 cm³/mol. The molecule has 0 radical (unpaired) electrons. The molecule has 0 saturated carbocycles.